The summed E-state index contributed by atoms with van der Waals surface area (Å²) in [5.74, 6) is -1.41. The molecule has 6 N–H and O–H groups in total. The van der Waals surface area contributed by atoms with Crippen LogP contribution in [0, 0.1) is 0 Å². The second-order valence-electron chi connectivity index (χ2n) is 9.16. The SMILES string of the molecule is CC(O)(CNC(c1ccc(Cl)cc1)C(C)(O)CNC(=O)c1ccccc1O)C(=O)Nc1ccc(Cl)cc1. The number of halogens is 2. The van der Waals surface area contributed by atoms with Gasteiger partial charge in [-0.25, -0.2) is 0 Å². The van der Waals surface area contributed by atoms with E-state index in [1.54, 1.807) is 60.7 Å². The molecule has 0 aliphatic rings. The van der Waals surface area contributed by atoms with Gasteiger partial charge >= 0.3 is 0 Å². The van der Waals surface area contributed by atoms with Gasteiger partial charge in [0.1, 0.15) is 5.75 Å². The van der Waals surface area contributed by atoms with E-state index in [4.69, 9.17) is 23.2 Å². The number of aromatic hydroxyl groups is 1. The Bertz CT molecular complexity index is 1230. The Balaban J connectivity index is 1.75. The lowest BCUT2D eigenvalue weighted by Gasteiger charge is -2.36. The monoisotopic (exact) mass is 545 g/mol. The molecule has 8 nitrogen and oxygen atoms in total. The van der Waals surface area contributed by atoms with Gasteiger partial charge < -0.3 is 31.3 Å². The molecule has 0 spiro atoms. The number of carbonyl (C=O) groups excluding carboxylic acids is 2. The minimum absolute atomic E-state index is 0.0658. The molecule has 0 radical (unpaired) electrons. The summed E-state index contributed by atoms with van der Waals surface area (Å²) in [5, 5.41) is 41.6. The lowest BCUT2D eigenvalue weighted by molar-refractivity contribution is -0.132. The third-order valence-corrected chi connectivity index (χ3v) is 6.33. The van der Waals surface area contributed by atoms with Crippen LogP contribution in [-0.2, 0) is 4.79 Å². The number of phenolic OH excluding ortho intramolecular Hbond substituents is 1. The van der Waals surface area contributed by atoms with Crippen molar-refractivity contribution in [3.05, 3.63) is 94.0 Å². The van der Waals surface area contributed by atoms with Crippen LogP contribution in [0.2, 0.25) is 10.0 Å². The van der Waals surface area contributed by atoms with Crippen LogP contribution in [0.4, 0.5) is 5.69 Å². The number of phenols is 1. The van der Waals surface area contributed by atoms with Crippen LogP contribution >= 0.6 is 23.2 Å². The summed E-state index contributed by atoms with van der Waals surface area (Å²) in [6.07, 6.45) is 0. The molecule has 0 saturated carbocycles. The first-order chi connectivity index (χ1) is 17.4. The molecule has 0 saturated heterocycles. The fraction of sp³-hybridized carbons (Fsp3) is 0.259. The van der Waals surface area contributed by atoms with Crippen LogP contribution in [-0.4, -0.2) is 51.4 Å². The van der Waals surface area contributed by atoms with E-state index in [0.717, 1.165) is 0 Å². The highest BCUT2D eigenvalue weighted by molar-refractivity contribution is 6.30. The first kappa shape index (κ1) is 28.4. The molecule has 196 valence electrons. The maximum absolute atomic E-state index is 12.8. The van der Waals surface area contributed by atoms with Crippen LogP contribution in [0.3, 0.4) is 0 Å². The predicted molar refractivity (Wildman–Crippen MR) is 144 cm³/mol. The topological polar surface area (TPSA) is 131 Å². The van der Waals surface area contributed by atoms with Crippen molar-refractivity contribution in [3.63, 3.8) is 0 Å². The lowest BCUT2D eigenvalue weighted by Crippen LogP contribution is -2.54. The van der Waals surface area contributed by atoms with Gasteiger partial charge in [-0.1, -0.05) is 47.5 Å². The molecule has 10 heteroatoms. The first-order valence-electron chi connectivity index (χ1n) is 11.5. The van der Waals surface area contributed by atoms with Crippen molar-refractivity contribution in [1.29, 1.82) is 0 Å². The van der Waals surface area contributed by atoms with Crippen molar-refractivity contribution >= 4 is 40.7 Å². The van der Waals surface area contributed by atoms with Gasteiger partial charge in [-0.2, -0.15) is 0 Å². The zero-order valence-electron chi connectivity index (χ0n) is 20.3. The summed E-state index contributed by atoms with van der Waals surface area (Å²) in [5.41, 5.74) is -2.31. The number of anilines is 1. The molecule has 0 heterocycles. The molecule has 37 heavy (non-hydrogen) atoms. The average molecular weight is 546 g/mol. The van der Waals surface area contributed by atoms with Gasteiger partial charge in [-0.3, -0.25) is 9.59 Å². The van der Waals surface area contributed by atoms with E-state index in [2.05, 4.69) is 16.0 Å². The summed E-state index contributed by atoms with van der Waals surface area (Å²) >= 11 is 11.9. The first-order valence-corrected chi connectivity index (χ1v) is 12.2. The third-order valence-electron chi connectivity index (χ3n) is 5.82. The summed E-state index contributed by atoms with van der Waals surface area (Å²) in [7, 11) is 0. The van der Waals surface area contributed by atoms with Gasteiger partial charge in [0.25, 0.3) is 11.8 Å². The van der Waals surface area contributed by atoms with Crippen molar-refractivity contribution in [3.8, 4) is 5.75 Å². The molecular formula is C27H29Cl2N3O5. The number of rotatable bonds is 10. The van der Waals surface area contributed by atoms with E-state index in [9.17, 15) is 24.9 Å². The predicted octanol–water partition coefficient (Wildman–Crippen LogP) is 3.90. The van der Waals surface area contributed by atoms with Crippen LogP contribution in [0.15, 0.2) is 72.8 Å². The largest absolute Gasteiger partial charge is 0.507 e. The molecule has 0 bridgehead atoms. The molecule has 0 aromatic heterocycles. The van der Waals surface area contributed by atoms with Gasteiger partial charge in [-0.05, 0) is 67.9 Å². The molecule has 0 aliphatic heterocycles. The van der Waals surface area contributed by atoms with Crippen LogP contribution in [0.5, 0.6) is 5.75 Å². The Hall–Kier alpha value is -3.14. The Kier molecular flexibility index (Phi) is 9.17. The number of amides is 2. The van der Waals surface area contributed by atoms with E-state index >= 15 is 0 Å². The summed E-state index contributed by atoms with van der Waals surface area (Å²) in [6, 6.07) is 18.4. The Morgan fingerprint density at radius 1 is 0.865 bits per heavy atom. The average Bonchev–Trinajstić information content (AvgIpc) is 2.85. The van der Waals surface area contributed by atoms with Crippen molar-refractivity contribution in [2.75, 3.05) is 18.4 Å². The maximum Gasteiger partial charge on any atom is 0.257 e. The molecule has 0 aliphatic carbocycles. The van der Waals surface area contributed by atoms with Crippen LogP contribution in [0.25, 0.3) is 0 Å². The zero-order valence-corrected chi connectivity index (χ0v) is 21.8. The molecule has 0 fully saturated rings. The van der Waals surface area contributed by atoms with Gasteiger partial charge in [0.15, 0.2) is 5.60 Å². The fourth-order valence-corrected chi connectivity index (χ4v) is 3.91. The number of para-hydroxylation sites is 1. The molecule has 3 aromatic rings. The van der Waals surface area contributed by atoms with Crippen molar-refractivity contribution in [1.82, 2.24) is 10.6 Å². The Morgan fingerprint density at radius 3 is 2.03 bits per heavy atom. The van der Waals surface area contributed by atoms with Gasteiger partial charge in [0.2, 0.25) is 0 Å². The van der Waals surface area contributed by atoms with Gasteiger partial charge in [0.05, 0.1) is 17.2 Å². The highest BCUT2D eigenvalue weighted by atomic mass is 35.5. The number of aliphatic hydroxyl groups is 2. The highest BCUT2D eigenvalue weighted by Gasteiger charge is 2.37. The van der Waals surface area contributed by atoms with Crippen LogP contribution in [0.1, 0.15) is 35.8 Å². The molecular weight excluding hydrogens is 517 g/mol. The van der Waals surface area contributed by atoms with Gasteiger partial charge in [0, 0.05) is 28.8 Å². The highest BCUT2D eigenvalue weighted by Crippen LogP contribution is 2.28. The molecule has 3 unspecified atom stereocenters. The summed E-state index contributed by atoms with van der Waals surface area (Å²) in [4.78, 5) is 25.4. The second kappa shape index (κ2) is 11.9. The smallest absolute Gasteiger partial charge is 0.257 e. The molecule has 3 atom stereocenters. The lowest BCUT2D eigenvalue weighted by atomic mass is 9.89. The minimum atomic E-state index is -1.86. The number of nitrogens with one attached hydrogen (secondary N) is 3. The number of hydrogen-bond donors (Lipinski definition) is 6. The summed E-state index contributed by atoms with van der Waals surface area (Å²) in [6.45, 7) is 2.41. The molecule has 3 aromatic carbocycles. The minimum Gasteiger partial charge on any atom is -0.507 e. The quantitative estimate of drug-likeness (QED) is 0.229. The number of carbonyl (C=O) groups is 2. The Labute approximate surface area is 225 Å². The standard InChI is InChI=1S/C27H29Cl2N3O5/c1-26(36,15-31-24(34)21-5-3-4-6-22(21)33)23(17-7-9-18(28)10-8-17)30-16-27(2,37)25(35)32-20-13-11-19(29)12-14-20/h3-14,23,30,33,36-37H,15-16H2,1-2H3,(H,31,34)(H,32,35). The van der Waals surface area contributed by atoms with Crippen molar-refractivity contribution in [2.24, 2.45) is 0 Å². The zero-order chi connectivity index (χ0) is 27.2. The van der Waals surface area contributed by atoms with E-state index in [0.29, 0.717) is 21.3 Å². The van der Waals surface area contributed by atoms with Crippen LogP contribution < -0.4 is 16.0 Å². The Morgan fingerprint density at radius 2 is 1.43 bits per heavy atom. The summed E-state index contributed by atoms with van der Waals surface area (Å²) < 4.78 is 0. The van der Waals surface area contributed by atoms with E-state index in [1.807, 2.05) is 0 Å². The number of benzene rings is 3. The number of hydrogen-bond acceptors (Lipinski definition) is 6. The van der Waals surface area contributed by atoms with E-state index in [1.165, 1.54) is 26.0 Å². The molecule has 2 amide bonds. The van der Waals surface area contributed by atoms with Gasteiger partial charge in [-0.15, -0.1) is 0 Å². The normalized spacial score (nSPS) is 15.2. The fourth-order valence-electron chi connectivity index (χ4n) is 3.65. The molecule has 3 rings (SSSR count). The third kappa shape index (κ3) is 7.67. The van der Waals surface area contributed by atoms with Crippen molar-refractivity contribution in [2.45, 2.75) is 31.1 Å². The second-order valence-corrected chi connectivity index (χ2v) is 10.0. The maximum atomic E-state index is 12.8. The van der Waals surface area contributed by atoms with E-state index in [-0.39, 0.29) is 24.4 Å². The van der Waals surface area contributed by atoms with E-state index < -0.39 is 29.1 Å². The van der Waals surface area contributed by atoms with Crippen molar-refractivity contribution < 1.29 is 24.9 Å².